The smallest absolute Gasteiger partial charge is 0.257 e. The Kier molecular flexibility index (Phi) is 4.33. The molecule has 0 saturated carbocycles. The number of thiazole rings is 1. The number of rotatable bonds is 4. The Morgan fingerprint density at radius 2 is 1.88 bits per heavy atom. The Bertz CT molecular complexity index is 1040. The van der Waals surface area contributed by atoms with Crippen molar-refractivity contribution in [3.8, 4) is 21.9 Å². The number of aromatic nitrogens is 2. The second-order valence-electron chi connectivity index (χ2n) is 5.68. The lowest BCUT2D eigenvalue weighted by Crippen LogP contribution is -2.11. The van der Waals surface area contributed by atoms with Crippen molar-refractivity contribution in [1.29, 1.82) is 0 Å². The summed E-state index contributed by atoms with van der Waals surface area (Å²) in [6.07, 6.45) is 4.79. The van der Waals surface area contributed by atoms with E-state index in [-0.39, 0.29) is 5.91 Å². The molecule has 3 aromatic heterocycles. The molecule has 0 aliphatic rings. The number of pyridine rings is 1. The van der Waals surface area contributed by atoms with Crippen molar-refractivity contribution in [2.45, 2.75) is 6.92 Å². The lowest BCUT2D eigenvalue weighted by atomic mass is 10.1. The van der Waals surface area contributed by atoms with Gasteiger partial charge in [0, 0.05) is 18.0 Å². The van der Waals surface area contributed by atoms with Gasteiger partial charge >= 0.3 is 0 Å². The zero-order valence-electron chi connectivity index (χ0n) is 14.0. The molecule has 4 aromatic rings. The van der Waals surface area contributed by atoms with E-state index < -0.39 is 0 Å². The third kappa shape index (κ3) is 3.14. The minimum absolute atomic E-state index is 0.219. The number of furan rings is 1. The van der Waals surface area contributed by atoms with E-state index in [4.69, 9.17) is 4.42 Å². The number of aryl methyl sites for hydroxylation is 1. The van der Waals surface area contributed by atoms with Gasteiger partial charge in [0.1, 0.15) is 5.69 Å². The zero-order valence-corrected chi connectivity index (χ0v) is 14.8. The normalized spacial score (nSPS) is 10.7. The molecule has 26 heavy (non-hydrogen) atoms. The molecule has 3 heterocycles. The summed E-state index contributed by atoms with van der Waals surface area (Å²) in [5, 5.41) is 3.39. The van der Waals surface area contributed by atoms with Crippen molar-refractivity contribution in [1.82, 2.24) is 9.97 Å². The molecule has 1 aromatic carbocycles. The molecule has 0 saturated heterocycles. The molecule has 0 bridgehead atoms. The number of amides is 1. The Morgan fingerprint density at radius 1 is 1.08 bits per heavy atom. The van der Waals surface area contributed by atoms with Crippen LogP contribution in [0.25, 0.3) is 21.9 Å². The van der Waals surface area contributed by atoms with Gasteiger partial charge in [0.2, 0.25) is 0 Å². The number of nitrogens with one attached hydrogen (secondary N) is 1. The molecule has 0 atom stereocenters. The molecule has 0 aliphatic heterocycles. The highest BCUT2D eigenvalue weighted by Crippen LogP contribution is 2.40. The first-order valence-corrected chi connectivity index (χ1v) is 8.86. The van der Waals surface area contributed by atoms with Gasteiger partial charge in [-0.2, -0.15) is 0 Å². The fourth-order valence-electron chi connectivity index (χ4n) is 2.64. The fourth-order valence-corrected chi connectivity index (χ4v) is 3.69. The molecule has 5 nitrogen and oxygen atoms in total. The van der Waals surface area contributed by atoms with Gasteiger partial charge in [-0.15, -0.1) is 0 Å². The topological polar surface area (TPSA) is 68.0 Å². The average Bonchev–Trinajstić information content (AvgIpc) is 3.32. The van der Waals surface area contributed by atoms with E-state index in [2.05, 4.69) is 28.3 Å². The fraction of sp³-hybridized carbons (Fsp3) is 0.0500. The van der Waals surface area contributed by atoms with Crippen LogP contribution in [0.15, 0.2) is 71.6 Å². The van der Waals surface area contributed by atoms with E-state index in [0.717, 1.165) is 21.7 Å². The third-order valence-corrected chi connectivity index (χ3v) is 4.94. The number of hydrogen-bond donors (Lipinski definition) is 1. The van der Waals surface area contributed by atoms with Gasteiger partial charge in [-0.25, -0.2) is 4.98 Å². The Morgan fingerprint density at radius 3 is 2.62 bits per heavy atom. The lowest BCUT2D eigenvalue weighted by Gasteiger charge is -2.03. The Balaban J connectivity index is 1.75. The molecule has 128 valence electrons. The molecule has 0 fully saturated rings. The van der Waals surface area contributed by atoms with Crippen LogP contribution in [-0.4, -0.2) is 15.9 Å². The van der Waals surface area contributed by atoms with Gasteiger partial charge in [-0.05, 0) is 42.3 Å². The van der Waals surface area contributed by atoms with Crippen LogP contribution in [0.2, 0.25) is 0 Å². The maximum absolute atomic E-state index is 12.4. The van der Waals surface area contributed by atoms with Crippen LogP contribution in [-0.2, 0) is 0 Å². The third-order valence-electron chi connectivity index (χ3n) is 3.93. The quantitative estimate of drug-likeness (QED) is 0.554. The van der Waals surface area contributed by atoms with Crippen LogP contribution in [0.4, 0.5) is 5.13 Å². The Labute approximate surface area is 154 Å². The minimum Gasteiger partial charge on any atom is -0.463 e. The number of carbonyl (C=O) groups is 1. The summed E-state index contributed by atoms with van der Waals surface area (Å²) in [4.78, 5) is 21.9. The number of carbonyl (C=O) groups excluding carboxylic acids is 1. The highest BCUT2D eigenvalue weighted by Gasteiger charge is 2.19. The highest BCUT2D eigenvalue weighted by atomic mass is 32.1. The standard InChI is InChI=1S/C20H15N3O2S/c1-13-5-2-3-6-15(13)18-17(16-7-4-12-25-16)22-20(26-18)23-19(24)14-8-10-21-11-9-14/h2-12H,1H3,(H,22,23,24). The average molecular weight is 361 g/mol. The summed E-state index contributed by atoms with van der Waals surface area (Å²) < 4.78 is 5.55. The molecule has 1 amide bonds. The van der Waals surface area contributed by atoms with Crippen molar-refractivity contribution in [2.75, 3.05) is 5.32 Å². The van der Waals surface area contributed by atoms with Gasteiger partial charge in [0.05, 0.1) is 11.1 Å². The monoisotopic (exact) mass is 361 g/mol. The summed E-state index contributed by atoms with van der Waals surface area (Å²) in [7, 11) is 0. The number of hydrogen-bond acceptors (Lipinski definition) is 5. The molecule has 0 aliphatic carbocycles. The van der Waals surface area contributed by atoms with Crippen molar-refractivity contribution < 1.29 is 9.21 Å². The van der Waals surface area contributed by atoms with Crippen molar-refractivity contribution in [3.05, 3.63) is 78.3 Å². The lowest BCUT2D eigenvalue weighted by molar-refractivity contribution is 0.102. The van der Waals surface area contributed by atoms with Gasteiger partial charge in [-0.3, -0.25) is 15.1 Å². The highest BCUT2D eigenvalue weighted by molar-refractivity contribution is 7.19. The first kappa shape index (κ1) is 16.2. The van der Waals surface area contributed by atoms with Crippen LogP contribution in [0, 0.1) is 6.92 Å². The number of benzene rings is 1. The maximum atomic E-state index is 12.4. The summed E-state index contributed by atoms with van der Waals surface area (Å²) >= 11 is 1.43. The summed E-state index contributed by atoms with van der Waals surface area (Å²) in [5.41, 5.74) is 3.46. The van der Waals surface area contributed by atoms with E-state index in [0.29, 0.717) is 16.5 Å². The second-order valence-corrected chi connectivity index (χ2v) is 6.68. The van der Waals surface area contributed by atoms with Gasteiger partial charge in [0.15, 0.2) is 10.9 Å². The van der Waals surface area contributed by atoms with Crippen LogP contribution >= 0.6 is 11.3 Å². The molecular weight excluding hydrogens is 346 g/mol. The predicted molar refractivity (Wildman–Crippen MR) is 102 cm³/mol. The van der Waals surface area contributed by atoms with Gasteiger partial charge in [0.25, 0.3) is 5.91 Å². The van der Waals surface area contributed by atoms with Crippen molar-refractivity contribution >= 4 is 22.4 Å². The molecular formula is C20H15N3O2S. The molecule has 6 heteroatoms. The predicted octanol–water partition coefficient (Wildman–Crippen LogP) is 5.03. The minimum atomic E-state index is -0.219. The molecule has 0 radical (unpaired) electrons. The molecule has 1 N–H and O–H groups in total. The SMILES string of the molecule is Cc1ccccc1-c1sc(NC(=O)c2ccncc2)nc1-c1ccco1. The first-order valence-electron chi connectivity index (χ1n) is 8.04. The van der Waals surface area contributed by atoms with Crippen LogP contribution < -0.4 is 5.32 Å². The summed E-state index contributed by atoms with van der Waals surface area (Å²) in [5.74, 6) is 0.451. The van der Waals surface area contributed by atoms with Crippen LogP contribution in [0.5, 0.6) is 0 Å². The van der Waals surface area contributed by atoms with Crippen molar-refractivity contribution in [3.63, 3.8) is 0 Å². The Hall–Kier alpha value is -3.25. The van der Waals surface area contributed by atoms with E-state index in [1.165, 1.54) is 11.3 Å². The van der Waals surface area contributed by atoms with E-state index in [1.807, 2.05) is 30.3 Å². The maximum Gasteiger partial charge on any atom is 0.257 e. The van der Waals surface area contributed by atoms with E-state index in [9.17, 15) is 4.79 Å². The molecule has 0 spiro atoms. The molecule has 4 rings (SSSR count). The van der Waals surface area contributed by atoms with Crippen LogP contribution in [0.3, 0.4) is 0 Å². The zero-order chi connectivity index (χ0) is 17.9. The first-order chi connectivity index (χ1) is 12.7. The second kappa shape index (κ2) is 6.93. The molecule has 0 unspecified atom stereocenters. The summed E-state index contributed by atoms with van der Waals surface area (Å²) in [6.45, 7) is 2.05. The number of anilines is 1. The van der Waals surface area contributed by atoms with Gasteiger partial charge < -0.3 is 4.42 Å². The van der Waals surface area contributed by atoms with Crippen molar-refractivity contribution in [2.24, 2.45) is 0 Å². The van der Waals surface area contributed by atoms with Crippen LogP contribution in [0.1, 0.15) is 15.9 Å². The largest absolute Gasteiger partial charge is 0.463 e. The summed E-state index contributed by atoms with van der Waals surface area (Å²) in [6, 6.07) is 15.1. The van der Waals surface area contributed by atoms with E-state index in [1.54, 1.807) is 30.8 Å². The number of nitrogens with zero attached hydrogens (tertiary/aromatic N) is 2. The van der Waals surface area contributed by atoms with E-state index >= 15 is 0 Å². The van der Waals surface area contributed by atoms with Gasteiger partial charge in [-0.1, -0.05) is 35.6 Å².